The molecule has 27 heavy (non-hydrogen) atoms. The van der Waals surface area contributed by atoms with Crippen LogP contribution in [-0.2, 0) is 12.0 Å². The Morgan fingerprint density at radius 3 is 2.41 bits per heavy atom. The van der Waals surface area contributed by atoms with Crippen molar-refractivity contribution < 1.29 is 18.6 Å². The van der Waals surface area contributed by atoms with Gasteiger partial charge in [0.25, 0.3) is 0 Å². The van der Waals surface area contributed by atoms with Crippen molar-refractivity contribution in [1.82, 2.24) is 5.32 Å². The fourth-order valence-corrected chi connectivity index (χ4v) is 2.58. The molecule has 0 aliphatic rings. The van der Waals surface area contributed by atoms with Gasteiger partial charge in [-0.25, -0.2) is 8.78 Å². The Kier molecular flexibility index (Phi) is 7.30. The van der Waals surface area contributed by atoms with Gasteiger partial charge in [0.1, 0.15) is 24.0 Å². The zero-order valence-corrected chi connectivity index (χ0v) is 16.0. The predicted octanol–water partition coefficient (Wildman–Crippen LogP) is 3.12. The molecule has 4 N–H and O–H groups in total. The van der Waals surface area contributed by atoms with Crippen molar-refractivity contribution in [2.75, 3.05) is 13.2 Å². The molecule has 0 amide bonds. The lowest BCUT2D eigenvalue weighted by molar-refractivity contribution is 0.114. The lowest BCUT2D eigenvalue weighted by Gasteiger charge is -2.21. The molecule has 0 aliphatic heterocycles. The van der Waals surface area contributed by atoms with Gasteiger partial charge in [-0.3, -0.25) is 0 Å². The summed E-state index contributed by atoms with van der Waals surface area (Å²) in [4.78, 5) is 0. The molecule has 2 atom stereocenters. The Balaban J connectivity index is 1.79. The van der Waals surface area contributed by atoms with Crippen molar-refractivity contribution >= 4 is 0 Å². The number of benzene rings is 2. The SMILES string of the molecule is CC(C)(C)c1cccc(CNC[C@@H](O)[C@@H](N)COc2cc(F)cc(F)c2)c1. The molecule has 0 aliphatic carbocycles. The summed E-state index contributed by atoms with van der Waals surface area (Å²) in [6, 6.07) is 10.5. The monoisotopic (exact) mass is 378 g/mol. The lowest BCUT2D eigenvalue weighted by Crippen LogP contribution is -2.45. The molecular weight excluding hydrogens is 350 g/mol. The molecular formula is C21H28F2N2O2. The maximum Gasteiger partial charge on any atom is 0.129 e. The minimum Gasteiger partial charge on any atom is -0.492 e. The van der Waals surface area contributed by atoms with Gasteiger partial charge in [-0.2, -0.15) is 0 Å². The molecule has 0 aromatic heterocycles. The molecule has 148 valence electrons. The molecule has 0 unspecified atom stereocenters. The van der Waals surface area contributed by atoms with Crippen molar-refractivity contribution in [3.8, 4) is 5.75 Å². The molecule has 0 saturated heterocycles. The number of nitrogens with one attached hydrogen (secondary N) is 1. The van der Waals surface area contributed by atoms with E-state index in [0.29, 0.717) is 6.54 Å². The van der Waals surface area contributed by atoms with Crippen molar-refractivity contribution in [3.05, 3.63) is 65.2 Å². The highest BCUT2D eigenvalue weighted by molar-refractivity contribution is 5.28. The van der Waals surface area contributed by atoms with Crippen LogP contribution >= 0.6 is 0 Å². The molecule has 2 aromatic rings. The first-order valence-electron chi connectivity index (χ1n) is 8.98. The second-order valence-corrected chi connectivity index (χ2v) is 7.73. The first-order valence-corrected chi connectivity index (χ1v) is 8.98. The van der Waals surface area contributed by atoms with Gasteiger partial charge < -0.3 is 20.9 Å². The first kappa shape index (κ1) is 21.3. The summed E-state index contributed by atoms with van der Waals surface area (Å²) in [5.74, 6) is -1.40. The Morgan fingerprint density at radius 1 is 1.11 bits per heavy atom. The van der Waals surface area contributed by atoms with E-state index < -0.39 is 23.8 Å². The van der Waals surface area contributed by atoms with Gasteiger partial charge in [0.2, 0.25) is 0 Å². The van der Waals surface area contributed by atoms with Crippen LogP contribution in [0.2, 0.25) is 0 Å². The van der Waals surface area contributed by atoms with Gasteiger partial charge in [-0.05, 0) is 16.5 Å². The van der Waals surface area contributed by atoms with E-state index in [1.807, 2.05) is 12.1 Å². The van der Waals surface area contributed by atoms with Gasteiger partial charge in [0.05, 0.1) is 12.1 Å². The Hall–Kier alpha value is -2.02. The number of rotatable bonds is 8. The van der Waals surface area contributed by atoms with E-state index in [4.69, 9.17) is 10.5 Å². The maximum absolute atomic E-state index is 13.1. The summed E-state index contributed by atoms with van der Waals surface area (Å²) in [5.41, 5.74) is 8.34. The zero-order chi connectivity index (χ0) is 20.0. The maximum atomic E-state index is 13.1. The topological polar surface area (TPSA) is 67.5 Å². The standard InChI is InChI=1S/C21H28F2N2O2/c1-21(2,3)15-6-4-5-14(7-15)11-25-12-20(26)19(24)13-27-18-9-16(22)8-17(23)10-18/h4-10,19-20,25-26H,11-13,24H2,1-3H3/t19-,20+/m0/s1. The zero-order valence-electron chi connectivity index (χ0n) is 16.0. The summed E-state index contributed by atoms with van der Waals surface area (Å²) in [6.45, 7) is 7.31. The van der Waals surface area contributed by atoms with Crippen molar-refractivity contribution in [3.63, 3.8) is 0 Å². The van der Waals surface area contributed by atoms with Gasteiger partial charge in [-0.1, -0.05) is 45.0 Å². The van der Waals surface area contributed by atoms with E-state index in [9.17, 15) is 13.9 Å². The van der Waals surface area contributed by atoms with E-state index in [0.717, 1.165) is 23.8 Å². The largest absolute Gasteiger partial charge is 0.492 e. The normalized spacial score (nSPS) is 14.0. The molecule has 0 radical (unpaired) electrons. The molecule has 0 spiro atoms. The Bertz CT molecular complexity index is 727. The molecule has 0 bridgehead atoms. The van der Waals surface area contributed by atoms with Crippen LogP contribution in [0.1, 0.15) is 31.9 Å². The van der Waals surface area contributed by atoms with E-state index in [1.165, 1.54) is 5.56 Å². The molecule has 0 fully saturated rings. The highest BCUT2D eigenvalue weighted by Crippen LogP contribution is 2.22. The average molecular weight is 378 g/mol. The quantitative estimate of drug-likeness (QED) is 0.660. The number of halogens is 2. The molecule has 2 rings (SSSR count). The Morgan fingerprint density at radius 2 is 1.78 bits per heavy atom. The third kappa shape index (κ3) is 6.90. The van der Waals surface area contributed by atoms with E-state index in [1.54, 1.807) is 0 Å². The fourth-order valence-electron chi connectivity index (χ4n) is 2.58. The van der Waals surface area contributed by atoms with Crippen LogP contribution in [0.5, 0.6) is 5.75 Å². The van der Waals surface area contributed by atoms with Crippen LogP contribution in [0.15, 0.2) is 42.5 Å². The van der Waals surface area contributed by atoms with Crippen molar-refractivity contribution in [1.29, 1.82) is 0 Å². The van der Waals surface area contributed by atoms with Gasteiger partial charge >= 0.3 is 0 Å². The van der Waals surface area contributed by atoms with Crippen LogP contribution < -0.4 is 15.8 Å². The van der Waals surface area contributed by atoms with Crippen molar-refractivity contribution in [2.45, 2.75) is 44.9 Å². The number of ether oxygens (including phenoxy) is 1. The van der Waals surface area contributed by atoms with Crippen LogP contribution in [0.25, 0.3) is 0 Å². The molecule has 4 nitrogen and oxygen atoms in total. The first-order chi connectivity index (χ1) is 12.6. The van der Waals surface area contributed by atoms with Crippen LogP contribution in [0.4, 0.5) is 8.78 Å². The molecule has 0 saturated carbocycles. The number of hydrogen-bond acceptors (Lipinski definition) is 4. The predicted molar refractivity (Wildman–Crippen MR) is 103 cm³/mol. The highest BCUT2D eigenvalue weighted by atomic mass is 19.1. The molecule has 0 heterocycles. The van der Waals surface area contributed by atoms with E-state index >= 15 is 0 Å². The third-order valence-corrected chi connectivity index (χ3v) is 4.25. The minimum atomic E-state index is -0.853. The molecule has 6 heteroatoms. The second kappa shape index (κ2) is 9.26. The summed E-state index contributed by atoms with van der Waals surface area (Å²) < 4.78 is 31.5. The minimum absolute atomic E-state index is 0.0436. The second-order valence-electron chi connectivity index (χ2n) is 7.73. The summed E-state index contributed by atoms with van der Waals surface area (Å²) in [5, 5.41) is 13.3. The lowest BCUT2D eigenvalue weighted by atomic mass is 9.86. The third-order valence-electron chi connectivity index (χ3n) is 4.25. The van der Waals surface area contributed by atoms with Gasteiger partial charge in [0, 0.05) is 31.3 Å². The summed E-state index contributed by atoms with van der Waals surface area (Å²) in [6.07, 6.45) is -0.853. The highest BCUT2D eigenvalue weighted by Gasteiger charge is 2.16. The number of aliphatic hydroxyl groups excluding tert-OH is 1. The van der Waals surface area contributed by atoms with Crippen molar-refractivity contribution in [2.24, 2.45) is 5.73 Å². The van der Waals surface area contributed by atoms with Crippen LogP contribution in [0, 0.1) is 11.6 Å². The number of aliphatic hydroxyl groups is 1. The average Bonchev–Trinajstić information content (AvgIpc) is 2.58. The Labute approximate surface area is 159 Å². The van der Waals surface area contributed by atoms with Crippen LogP contribution in [-0.4, -0.2) is 30.4 Å². The van der Waals surface area contributed by atoms with E-state index in [2.05, 4.69) is 38.2 Å². The smallest absolute Gasteiger partial charge is 0.129 e. The molecule has 2 aromatic carbocycles. The van der Waals surface area contributed by atoms with E-state index in [-0.39, 0.29) is 24.3 Å². The fraction of sp³-hybridized carbons (Fsp3) is 0.429. The van der Waals surface area contributed by atoms with Gasteiger partial charge in [-0.15, -0.1) is 0 Å². The van der Waals surface area contributed by atoms with Gasteiger partial charge in [0.15, 0.2) is 0 Å². The summed E-state index contributed by atoms with van der Waals surface area (Å²) >= 11 is 0. The number of nitrogens with two attached hydrogens (primary N) is 1. The number of hydrogen-bond donors (Lipinski definition) is 3. The summed E-state index contributed by atoms with van der Waals surface area (Å²) in [7, 11) is 0. The van der Waals surface area contributed by atoms with Crippen LogP contribution in [0.3, 0.4) is 0 Å².